The number of aromatic amines is 1. The van der Waals surface area contributed by atoms with Gasteiger partial charge in [0.15, 0.2) is 10.3 Å². The minimum absolute atomic E-state index is 0.266. The van der Waals surface area contributed by atoms with Gasteiger partial charge in [0.1, 0.15) is 0 Å². The molecule has 0 saturated carbocycles. The molecule has 6 heteroatoms. The predicted molar refractivity (Wildman–Crippen MR) is 97.3 cm³/mol. The van der Waals surface area contributed by atoms with Gasteiger partial charge in [0.05, 0.1) is 16.7 Å². The Morgan fingerprint density at radius 1 is 1.08 bits per heavy atom. The van der Waals surface area contributed by atoms with Crippen molar-refractivity contribution in [3.8, 4) is 5.69 Å². The fraction of sp³-hybridized carbons (Fsp3) is 0.111. The number of aromatic nitrogens is 4. The lowest BCUT2D eigenvalue weighted by molar-refractivity contribution is 0.917. The lowest BCUT2D eigenvalue weighted by atomic mass is 10.1. The topological polar surface area (TPSA) is 63.6 Å². The molecule has 0 spiro atoms. The molecule has 0 aliphatic heterocycles. The first kappa shape index (κ1) is 14.7. The molecule has 2 aromatic heterocycles. The van der Waals surface area contributed by atoms with Gasteiger partial charge < -0.3 is 4.98 Å². The summed E-state index contributed by atoms with van der Waals surface area (Å²) >= 11 is 5.46. The number of benzene rings is 2. The third kappa shape index (κ3) is 2.15. The molecule has 4 aromatic rings. The highest BCUT2D eigenvalue weighted by Crippen LogP contribution is 2.20. The molecule has 5 nitrogen and oxygen atoms in total. The molecule has 0 aliphatic carbocycles. The lowest BCUT2D eigenvalue weighted by Crippen LogP contribution is -2.22. The van der Waals surface area contributed by atoms with Crippen LogP contribution in [0, 0.1) is 18.6 Å². The van der Waals surface area contributed by atoms with Crippen LogP contribution in [-0.4, -0.2) is 19.7 Å². The van der Waals surface area contributed by atoms with Crippen LogP contribution in [0.2, 0.25) is 0 Å². The summed E-state index contributed by atoms with van der Waals surface area (Å²) in [7, 11) is 0. The van der Waals surface area contributed by atoms with E-state index in [9.17, 15) is 4.79 Å². The molecule has 0 amide bonds. The molecular formula is C18H14N4OS. The first-order valence-corrected chi connectivity index (χ1v) is 7.95. The molecule has 2 aromatic carbocycles. The summed E-state index contributed by atoms with van der Waals surface area (Å²) in [6.45, 7) is 3.93. The van der Waals surface area contributed by atoms with Crippen LogP contribution < -0.4 is 5.56 Å². The summed E-state index contributed by atoms with van der Waals surface area (Å²) in [5.74, 6) is 0. The Kier molecular flexibility index (Phi) is 3.28. The molecule has 0 bridgehead atoms. The SMILES string of the molecule is Cc1ccc2c(c1)nnc1c(=O)n(-c3ccccc3C)c(=S)[nH]c12. The smallest absolute Gasteiger partial charge is 0.287 e. The zero-order chi connectivity index (χ0) is 16.8. The van der Waals surface area contributed by atoms with E-state index >= 15 is 0 Å². The van der Waals surface area contributed by atoms with Crippen LogP contribution in [-0.2, 0) is 0 Å². The minimum atomic E-state index is -0.266. The zero-order valence-corrected chi connectivity index (χ0v) is 14.0. The highest BCUT2D eigenvalue weighted by atomic mass is 32.1. The van der Waals surface area contributed by atoms with Crippen LogP contribution in [0.1, 0.15) is 11.1 Å². The second kappa shape index (κ2) is 5.35. The van der Waals surface area contributed by atoms with E-state index in [1.807, 2.05) is 56.3 Å². The second-order valence-electron chi connectivity index (χ2n) is 5.80. The number of aryl methyl sites for hydroxylation is 2. The van der Waals surface area contributed by atoms with E-state index in [2.05, 4.69) is 15.2 Å². The average Bonchev–Trinajstić information content (AvgIpc) is 2.56. The van der Waals surface area contributed by atoms with Crippen molar-refractivity contribution in [2.75, 3.05) is 0 Å². The van der Waals surface area contributed by atoms with Gasteiger partial charge in [-0.15, -0.1) is 10.2 Å². The molecule has 0 atom stereocenters. The van der Waals surface area contributed by atoms with Gasteiger partial charge in [0.2, 0.25) is 0 Å². The van der Waals surface area contributed by atoms with Gasteiger partial charge in [-0.2, -0.15) is 0 Å². The predicted octanol–water partition coefficient (Wildman–Crippen LogP) is 3.61. The summed E-state index contributed by atoms with van der Waals surface area (Å²) in [5.41, 5.74) is 4.17. The molecule has 24 heavy (non-hydrogen) atoms. The Balaban J connectivity index is 2.15. The van der Waals surface area contributed by atoms with E-state index in [4.69, 9.17) is 12.2 Å². The Morgan fingerprint density at radius 2 is 1.88 bits per heavy atom. The molecule has 1 N–H and O–H groups in total. The zero-order valence-electron chi connectivity index (χ0n) is 13.2. The highest BCUT2D eigenvalue weighted by molar-refractivity contribution is 7.71. The van der Waals surface area contributed by atoms with Gasteiger partial charge in [-0.25, -0.2) is 0 Å². The molecule has 0 aliphatic rings. The number of nitrogens with one attached hydrogen (secondary N) is 1. The number of H-pyrrole nitrogens is 1. The molecule has 0 unspecified atom stereocenters. The van der Waals surface area contributed by atoms with E-state index < -0.39 is 0 Å². The molecule has 0 fully saturated rings. The van der Waals surface area contributed by atoms with Crippen molar-refractivity contribution in [3.05, 3.63) is 68.7 Å². The number of hydrogen-bond donors (Lipinski definition) is 1. The lowest BCUT2D eigenvalue weighted by Gasteiger charge is -2.11. The maximum absolute atomic E-state index is 13.0. The van der Waals surface area contributed by atoms with E-state index in [0.717, 1.165) is 27.7 Å². The number of hydrogen-bond acceptors (Lipinski definition) is 4. The molecule has 2 heterocycles. The van der Waals surface area contributed by atoms with Gasteiger partial charge in [0.25, 0.3) is 5.56 Å². The molecular weight excluding hydrogens is 320 g/mol. The van der Waals surface area contributed by atoms with Crippen LogP contribution in [0.15, 0.2) is 47.3 Å². The van der Waals surface area contributed by atoms with Crippen molar-refractivity contribution in [1.82, 2.24) is 19.7 Å². The highest BCUT2D eigenvalue weighted by Gasteiger charge is 2.13. The summed E-state index contributed by atoms with van der Waals surface area (Å²) in [5, 5.41) is 9.19. The standard InChI is InChI=1S/C18H14N4OS/c1-10-7-8-12-13(9-10)20-21-16-15(12)19-18(24)22(17(16)23)14-6-4-3-5-11(14)2/h3-9H,1-2H3,(H,19,24). The fourth-order valence-corrected chi connectivity index (χ4v) is 3.17. The van der Waals surface area contributed by atoms with E-state index in [1.54, 1.807) is 0 Å². The molecule has 4 rings (SSSR count). The largest absolute Gasteiger partial charge is 0.329 e. The van der Waals surface area contributed by atoms with E-state index in [1.165, 1.54) is 4.57 Å². The van der Waals surface area contributed by atoms with E-state index in [-0.39, 0.29) is 11.1 Å². The van der Waals surface area contributed by atoms with Gasteiger partial charge in [-0.3, -0.25) is 9.36 Å². The summed E-state index contributed by atoms with van der Waals surface area (Å²) < 4.78 is 1.82. The Labute approximate surface area is 142 Å². The van der Waals surface area contributed by atoms with Crippen LogP contribution in [0.25, 0.3) is 27.6 Å². The van der Waals surface area contributed by atoms with Crippen molar-refractivity contribution >= 4 is 34.2 Å². The van der Waals surface area contributed by atoms with E-state index in [0.29, 0.717) is 10.3 Å². The monoisotopic (exact) mass is 334 g/mol. The van der Waals surface area contributed by atoms with Crippen LogP contribution in [0.3, 0.4) is 0 Å². The Morgan fingerprint density at radius 3 is 2.67 bits per heavy atom. The van der Waals surface area contributed by atoms with Gasteiger partial charge >= 0.3 is 0 Å². The number of nitrogens with zero attached hydrogens (tertiary/aromatic N) is 3. The third-order valence-electron chi connectivity index (χ3n) is 4.11. The maximum atomic E-state index is 13.0. The molecule has 0 saturated heterocycles. The van der Waals surface area contributed by atoms with Crippen molar-refractivity contribution < 1.29 is 0 Å². The summed E-state index contributed by atoms with van der Waals surface area (Å²) in [4.78, 5) is 16.1. The van der Waals surface area contributed by atoms with Gasteiger partial charge in [-0.05, 0) is 49.3 Å². The molecule has 0 radical (unpaired) electrons. The van der Waals surface area contributed by atoms with Crippen LogP contribution >= 0.6 is 12.2 Å². The minimum Gasteiger partial charge on any atom is -0.329 e. The first-order valence-electron chi connectivity index (χ1n) is 7.54. The quantitative estimate of drug-likeness (QED) is 0.427. The van der Waals surface area contributed by atoms with Gasteiger partial charge in [0, 0.05) is 5.39 Å². The second-order valence-corrected chi connectivity index (χ2v) is 6.19. The third-order valence-corrected chi connectivity index (χ3v) is 4.40. The number of rotatable bonds is 1. The summed E-state index contributed by atoms with van der Waals surface area (Å²) in [6.07, 6.45) is 0. The van der Waals surface area contributed by atoms with Crippen molar-refractivity contribution in [3.63, 3.8) is 0 Å². The van der Waals surface area contributed by atoms with Crippen molar-refractivity contribution in [2.24, 2.45) is 0 Å². The summed E-state index contributed by atoms with van der Waals surface area (Å²) in [6, 6.07) is 13.5. The van der Waals surface area contributed by atoms with Crippen LogP contribution in [0.5, 0.6) is 0 Å². The average molecular weight is 334 g/mol. The van der Waals surface area contributed by atoms with Crippen LogP contribution in [0.4, 0.5) is 0 Å². The Bertz CT molecular complexity index is 1220. The van der Waals surface area contributed by atoms with Crippen molar-refractivity contribution in [2.45, 2.75) is 13.8 Å². The molecule has 118 valence electrons. The number of para-hydroxylation sites is 1. The first-order chi connectivity index (χ1) is 11.6. The Hall–Kier alpha value is -2.86. The number of fused-ring (bicyclic) bond motifs is 3. The van der Waals surface area contributed by atoms with Crippen molar-refractivity contribution in [1.29, 1.82) is 0 Å². The van der Waals surface area contributed by atoms with Gasteiger partial charge in [-0.1, -0.05) is 30.3 Å². The normalized spacial score (nSPS) is 11.2. The fourth-order valence-electron chi connectivity index (χ4n) is 2.89. The maximum Gasteiger partial charge on any atom is 0.287 e.